The summed E-state index contributed by atoms with van der Waals surface area (Å²) in [5, 5.41) is 4.40. The summed E-state index contributed by atoms with van der Waals surface area (Å²) in [6, 6.07) is 21.6. The molecule has 5 rings (SSSR count). The van der Waals surface area contributed by atoms with E-state index in [0.29, 0.717) is 33.0 Å². The molecular formula is C27H22ClN3O4S. The van der Waals surface area contributed by atoms with Gasteiger partial charge in [-0.15, -0.1) is 0 Å². The Balaban J connectivity index is 1.55. The Morgan fingerprint density at radius 3 is 2.56 bits per heavy atom. The number of hydrogen-bond acceptors (Lipinski definition) is 6. The van der Waals surface area contributed by atoms with E-state index in [9.17, 15) is 4.79 Å². The largest absolute Gasteiger partial charge is 0.495 e. The number of halogens is 1. The van der Waals surface area contributed by atoms with Gasteiger partial charge >= 0.3 is 5.97 Å². The highest BCUT2D eigenvalue weighted by molar-refractivity contribution is 7.80. The predicted molar refractivity (Wildman–Crippen MR) is 141 cm³/mol. The number of rotatable bonds is 6. The number of anilines is 1. The van der Waals surface area contributed by atoms with Crippen LogP contribution in [0.3, 0.4) is 0 Å². The predicted octanol–water partition coefficient (Wildman–Crippen LogP) is 5.97. The second-order valence-corrected chi connectivity index (χ2v) is 8.88. The van der Waals surface area contributed by atoms with Crippen LogP contribution in [0.5, 0.6) is 5.75 Å². The van der Waals surface area contributed by atoms with Crippen molar-refractivity contribution in [3.8, 4) is 17.1 Å². The molecule has 0 spiro atoms. The minimum atomic E-state index is -0.390. The average molecular weight is 520 g/mol. The van der Waals surface area contributed by atoms with Crippen LogP contribution in [0.15, 0.2) is 83.4 Å². The van der Waals surface area contributed by atoms with Crippen LogP contribution in [-0.4, -0.2) is 30.3 Å². The fraction of sp³-hybridized carbons (Fsp3) is 0.148. The lowest BCUT2D eigenvalue weighted by Gasteiger charge is -2.26. The van der Waals surface area contributed by atoms with Gasteiger partial charge in [0.05, 0.1) is 36.5 Å². The molecule has 7 nitrogen and oxygen atoms in total. The van der Waals surface area contributed by atoms with Gasteiger partial charge in [-0.25, -0.2) is 4.79 Å². The highest BCUT2D eigenvalue weighted by Gasteiger charge is 2.42. The lowest BCUT2D eigenvalue weighted by Crippen LogP contribution is -2.29. The maximum Gasteiger partial charge on any atom is 0.337 e. The molecule has 1 fully saturated rings. The minimum Gasteiger partial charge on any atom is -0.495 e. The maximum absolute atomic E-state index is 11.8. The van der Waals surface area contributed by atoms with Gasteiger partial charge in [-0.05, 0) is 66.8 Å². The molecule has 0 amide bonds. The summed E-state index contributed by atoms with van der Waals surface area (Å²) in [5.74, 6) is 1.54. The van der Waals surface area contributed by atoms with Crippen LogP contribution in [0.25, 0.3) is 11.3 Å². The van der Waals surface area contributed by atoms with Crippen LogP contribution in [0.1, 0.15) is 33.9 Å². The Morgan fingerprint density at radius 2 is 1.89 bits per heavy atom. The number of pyridine rings is 1. The second kappa shape index (κ2) is 10.0. The van der Waals surface area contributed by atoms with Crippen molar-refractivity contribution in [2.75, 3.05) is 19.1 Å². The molecule has 1 N–H and O–H groups in total. The highest BCUT2D eigenvalue weighted by atomic mass is 35.5. The van der Waals surface area contributed by atoms with Gasteiger partial charge in [0.2, 0.25) is 0 Å². The van der Waals surface area contributed by atoms with Crippen molar-refractivity contribution in [1.82, 2.24) is 10.3 Å². The lowest BCUT2D eigenvalue weighted by molar-refractivity contribution is 0.0600. The lowest BCUT2D eigenvalue weighted by atomic mass is 10.0. The number of carbonyl (C=O) groups excluding carboxylic acids is 1. The molecule has 1 aliphatic heterocycles. The molecule has 2 aromatic heterocycles. The van der Waals surface area contributed by atoms with Crippen LogP contribution in [0, 0.1) is 0 Å². The third-order valence-electron chi connectivity index (χ3n) is 6.02. The summed E-state index contributed by atoms with van der Waals surface area (Å²) < 4.78 is 16.5. The van der Waals surface area contributed by atoms with E-state index >= 15 is 0 Å². The standard InChI is InChI=1S/C27H22ClN3O4S/c1-33-22-11-10-18(15-19(22)28)31-25(24(30-27(31)36)20-5-3-4-14-29-20)23-13-12-21(35-23)16-6-8-17(9-7-16)26(32)34-2/h3-15,24-25H,1-2H3,(H,30,36)/t24-,25+/m0/s1. The number of thiocarbonyl (C=S) groups is 1. The van der Waals surface area contributed by atoms with Gasteiger partial charge in [0.25, 0.3) is 0 Å². The number of furan rings is 1. The van der Waals surface area contributed by atoms with Crippen LogP contribution in [-0.2, 0) is 4.74 Å². The summed E-state index contributed by atoms with van der Waals surface area (Å²) in [6.07, 6.45) is 1.75. The van der Waals surface area contributed by atoms with Gasteiger partial charge < -0.3 is 24.1 Å². The van der Waals surface area contributed by atoms with Gasteiger partial charge in [-0.3, -0.25) is 4.98 Å². The third-order valence-corrected chi connectivity index (χ3v) is 6.63. The molecule has 0 bridgehead atoms. The van der Waals surface area contributed by atoms with E-state index in [-0.39, 0.29) is 18.1 Å². The summed E-state index contributed by atoms with van der Waals surface area (Å²) in [6.45, 7) is 0. The number of carbonyl (C=O) groups is 1. The molecule has 2 atom stereocenters. The molecule has 4 aromatic rings. The number of aromatic nitrogens is 1. The van der Waals surface area contributed by atoms with Crippen molar-refractivity contribution in [1.29, 1.82) is 0 Å². The first-order chi connectivity index (χ1) is 17.5. The number of nitrogens with zero attached hydrogens (tertiary/aromatic N) is 2. The van der Waals surface area contributed by atoms with Gasteiger partial charge in [0.15, 0.2) is 5.11 Å². The van der Waals surface area contributed by atoms with Crippen molar-refractivity contribution in [2.24, 2.45) is 0 Å². The number of methoxy groups -OCH3 is 2. The van der Waals surface area contributed by atoms with E-state index in [0.717, 1.165) is 16.9 Å². The zero-order valence-electron chi connectivity index (χ0n) is 19.5. The Kier molecular flexibility index (Phi) is 6.63. The van der Waals surface area contributed by atoms with Crippen molar-refractivity contribution in [3.05, 3.63) is 101 Å². The summed E-state index contributed by atoms with van der Waals surface area (Å²) in [7, 11) is 2.93. The van der Waals surface area contributed by atoms with Crippen molar-refractivity contribution in [2.45, 2.75) is 12.1 Å². The van der Waals surface area contributed by atoms with Gasteiger partial charge in [-0.1, -0.05) is 29.8 Å². The topological polar surface area (TPSA) is 76.8 Å². The first-order valence-corrected chi connectivity index (χ1v) is 11.9. The minimum absolute atomic E-state index is 0.264. The molecule has 0 saturated carbocycles. The molecular weight excluding hydrogens is 498 g/mol. The summed E-state index contributed by atoms with van der Waals surface area (Å²) in [4.78, 5) is 18.3. The zero-order chi connectivity index (χ0) is 25.2. The van der Waals surface area contributed by atoms with Crippen LogP contribution < -0.4 is 15.0 Å². The SMILES string of the molecule is COC(=O)c1ccc(-c2ccc([C@@H]3[C@H](c4ccccn4)NC(=S)N3c3ccc(OC)c(Cl)c3)o2)cc1. The van der Waals surface area contributed by atoms with Gasteiger partial charge in [0.1, 0.15) is 23.3 Å². The Bertz CT molecular complexity index is 1410. The van der Waals surface area contributed by atoms with Crippen LogP contribution in [0.4, 0.5) is 5.69 Å². The molecule has 0 radical (unpaired) electrons. The third kappa shape index (κ3) is 4.41. The maximum atomic E-state index is 11.8. The molecule has 0 unspecified atom stereocenters. The van der Waals surface area contributed by atoms with E-state index in [4.69, 9.17) is 37.7 Å². The number of benzene rings is 2. The summed E-state index contributed by atoms with van der Waals surface area (Å²) in [5.41, 5.74) is 2.92. The van der Waals surface area contributed by atoms with E-state index in [1.54, 1.807) is 25.4 Å². The van der Waals surface area contributed by atoms with Gasteiger partial charge in [-0.2, -0.15) is 0 Å². The normalized spacial score (nSPS) is 17.1. The highest BCUT2D eigenvalue weighted by Crippen LogP contribution is 2.44. The molecule has 2 aromatic carbocycles. The van der Waals surface area contributed by atoms with E-state index in [2.05, 4.69) is 10.3 Å². The van der Waals surface area contributed by atoms with E-state index in [1.807, 2.05) is 65.6 Å². The van der Waals surface area contributed by atoms with E-state index < -0.39 is 0 Å². The number of hydrogen-bond donors (Lipinski definition) is 1. The van der Waals surface area contributed by atoms with Crippen LogP contribution >= 0.6 is 23.8 Å². The average Bonchev–Trinajstić information content (AvgIpc) is 3.53. The van der Waals surface area contributed by atoms with E-state index in [1.165, 1.54) is 7.11 Å². The molecule has 3 heterocycles. The quantitative estimate of drug-likeness (QED) is 0.247. The number of ether oxygens (including phenoxy) is 2. The van der Waals surface area contributed by atoms with Crippen molar-refractivity contribution < 1.29 is 18.7 Å². The van der Waals surface area contributed by atoms with Crippen molar-refractivity contribution >= 4 is 40.6 Å². The number of nitrogens with one attached hydrogen (secondary N) is 1. The molecule has 0 aliphatic carbocycles. The molecule has 1 saturated heterocycles. The molecule has 9 heteroatoms. The van der Waals surface area contributed by atoms with Crippen LogP contribution in [0.2, 0.25) is 5.02 Å². The Hall–Kier alpha value is -3.88. The monoisotopic (exact) mass is 519 g/mol. The Labute approximate surface area is 218 Å². The first kappa shape index (κ1) is 23.8. The number of esters is 1. The van der Waals surface area contributed by atoms with Gasteiger partial charge in [0, 0.05) is 17.4 Å². The van der Waals surface area contributed by atoms with Crippen molar-refractivity contribution in [3.63, 3.8) is 0 Å². The molecule has 36 heavy (non-hydrogen) atoms. The fourth-order valence-electron chi connectivity index (χ4n) is 4.28. The second-order valence-electron chi connectivity index (χ2n) is 8.09. The smallest absolute Gasteiger partial charge is 0.337 e. The Morgan fingerprint density at radius 1 is 1.08 bits per heavy atom. The first-order valence-electron chi connectivity index (χ1n) is 11.1. The molecule has 1 aliphatic rings. The fourth-order valence-corrected chi connectivity index (χ4v) is 4.88. The zero-order valence-corrected chi connectivity index (χ0v) is 21.0. The molecule has 182 valence electrons. The summed E-state index contributed by atoms with van der Waals surface area (Å²) >= 11 is 12.2.